The van der Waals surface area contributed by atoms with Crippen molar-refractivity contribution in [1.82, 2.24) is 5.32 Å². The molecule has 28 heavy (non-hydrogen) atoms. The number of amides is 1. The lowest BCUT2D eigenvalue weighted by Crippen LogP contribution is -2.31. The Kier molecular flexibility index (Phi) is 6.63. The first kappa shape index (κ1) is 19.4. The van der Waals surface area contributed by atoms with Crippen molar-refractivity contribution in [2.24, 2.45) is 0 Å². The molecular formula is C23H23NO4. The van der Waals surface area contributed by atoms with Crippen LogP contribution in [0.4, 0.5) is 0 Å². The van der Waals surface area contributed by atoms with E-state index in [-0.39, 0.29) is 31.6 Å². The highest BCUT2D eigenvalue weighted by atomic mass is 16.5. The SMILES string of the molecule is C[C@@H](NC(=O)COC(=O)CCOc1ccccc1)c1cccc2ccccc12. The van der Waals surface area contributed by atoms with Crippen LogP contribution >= 0.6 is 0 Å². The minimum atomic E-state index is -0.469. The molecule has 0 saturated carbocycles. The molecule has 1 atom stereocenters. The van der Waals surface area contributed by atoms with Gasteiger partial charge >= 0.3 is 5.97 Å². The molecule has 5 nitrogen and oxygen atoms in total. The third kappa shape index (κ3) is 5.33. The minimum Gasteiger partial charge on any atom is -0.493 e. The number of hydrogen-bond acceptors (Lipinski definition) is 4. The molecule has 0 saturated heterocycles. The van der Waals surface area contributed by atoms with Crippen LogP contribution in [-0.4, -0.2) is 25.1 Å². The average Bonchev–Trinajstić information content (AvgIpc) is 2.72. The Labute approximate surface area is 164 Å². The Morgan fingerprint density at radius 2 is 1.64 bits per heavy atom. The molecule has 0 fully saturated rings. The van der Waals surface area contributed by atoms with Gasteiger partial charge in [0.25, 0.3) is 5.91 Å². The average molecular weight is 377 g/mol. The molecular weight excluding hydrogens is 354 g/mol. The zero-order valence-corrected chi connectivity index (χ0v) is 15.8. The van der Waals surface area contributed by atoms with Gasteiger partial charge in [-0.25, -0.2) is 0 Å². The van der Waals surface area contributed by atoms with Gasteiger partial charge in [-0.05, 0) is 35.4 Å². The van der Waals surface area contributed by atoms with E-state index in [9.17, 15) is 9.59 Å². The fourth-order valence-corrected chi connectivity index (χ4v) is 2.98. The van der Waals surface area contributed by atoms with Crippen molar-refractivity contribution in [2.45, 2.75) is 19.4 Å². The molecule has 0 heterocycles. The van der Waals surface area contributed by atoms with Gasteiger partial charge in [0.15, 0.2) is 6.61 Å². The topological polar surface area (TPSA) is 64.6 Å². The van der Waals surface area contributed by atoms with Crippen LogP contribution < -0.4 is 10.1 Å². The third-order valence-corrected chi connectivity index (χ3v) is 4.35. The molecule has 0 bridgehead atoms. The summed E-state index contributed by atoms with van der Waals surface area (Å²) in [5, 5.41) is 5.09. The molecule has 0 aliphatic rings. The summed E-state index contributed by atoms with van der Waals surface area (Å²) < 4.78 is 10.5. The van der Waals surface area contributed by atoms with Gasteiger partial charge in [-0.3, -0.25) is 9.59 Å². The number of fused-ring (bicyclic) bond motifs is 1. The Morgan fingerprint density at radius 3 is 2.46 bits per heavy atom. The van der Waals surface area contributed by atoms with Crippen molar-refractivity contribution in [3.63, 3.8) is 0 Å². The Balaban J connectivity index is 1.44. The molecule has 0 unspecified atom stereocenters. The van der Waals surface area contributed by atoms with Gasteiger partial charge in [-0.1, -0.05) is 60.7 Å². The van der Waals surface area contributed by atoms with Gasteiger partial charge in [-0.15, -0.1) is 0 Å². The molecule has 3 aromatic rings. The first-order valence-electron chi connectivity index (χ1n) is 9.24. The van der Waals surface area contributed by atoms with Crippen LogP contribution in [0.15, 0.2) is 72.8 Å². The fraction of sp³-hybridized carbons (Fsp3) is 0.217. The Morgan fingerprint density at radius 1 is 0.929 bits per heavy atom. The number of carbonyl (C=O) groups is 2. The van der Waals surface area contributed by atoms with Gasteiger partial charge in [0.1, 0.15) is 5.75 Å². The number of carbonyl (C=O) groups excluding carboxylic acids is 2. The van der Waals surface area contributed by atoms with E-state index in [2.05, 4.69) is 5.32 Å². The van der Waals surface area contributed by atoms with E-state index in [1.807, 2.05) is 79.7 Å². The summed E-state index contributed by atoms with van der Waals surface area (Å²) in [6.07, 6.45) is 0.0844. The number of rotatable bonds is 8. The number of esters is 1. The molecule has 3 rings (SSSR count). The lowest BCUT2D eigenvalue weighted by molar-refractivity contribution is -0.149. The van der Waals surface area contributed by atoms with E-state index >= 15 is 0 Å². The number of hydrogen-bond donors (Lipinski definition) is 1. The molecule has 0 spiro atoms. The van der Waals surface area contributed by atoms with E-state index in [0.717, 1.165) is 16.3 Å². The van der Waals surface area contributed by atoms with Crippen molar-refractivity contribution < 1.29 is 19.1 Å². The van der Waals surface area contributed by atoms with Crippen molar-refractivity contribution in [3.05, 3.63) is 78.4 Å². The van der Waals surface area contributed by atoms with Crippen LogP contribution in [0.25, 0.3) is 10.8 Å². The highest BCUT2D eigenvalue weighted by Gasteiger charge is 2.14. The monoisotopic (exact) mass is 377 g/mol. The van der Waals surface area contributed by atoms with Crippen molar-refractivity contribution >= 4 is 22.6 Å². The smallest absolute Gasteiger partial charge is 0.309 e. The highest BCUT2D eigenvalue weighted by Crippen LogP contribution is 2.23. The lowest BCUT2D eigenvalue weighted by atomic mass is 10.00. The normalized spacial score (nSPS) is 11.6. The van der Waals surface area contributed by atoms with E-state index in [4.69, 9.17) is 9.47 Å². The van der Waals surface area contributed by atoms with Crippen molar-refractivity contribution in [1.29, 1.82) is 0 Å². The number of para-hydroxylation sites is 1. The first-order chi connectivity index (χ1) is 13.6. The number of ether oxygens (including phenoxy) is 2. The van der Waals surface area contributed by atoms with Gasteiger partial charge in [0.2, 0.25) is 0 Å². The van der Waals surface area contributed by atoms with Gasteiger partial charge in [0.05, 0.1) is 19.1 Å². The van der Waals surface area contributed by atoms with Crippen LogP contribution in [0, 0.1) is 0 Å². The zero-order valence-electron chi connectivity index (χ0n) is 15.8. The number of benzene rings is 3. The van der Waals surface area contributed by atoms with Crippen molar-refractivity contribution in [3.8, 4) is 5.75 Å². The third-order valence-electron chi connectivity index (χ3n) is 4.35. The van der Waals surface area contributed by atoms with Gasteiger partial charge in [0, 0.05) is 0 Å². The summed E-state index contributed by atoms with van der Waals surface area (Å²) in [7, 11) is 0. The van der Waals surface area contributed by atoms with E-state index in [1.165, 1.54) is 0 Å². The molecule has 0 aliphatic carbocycles. The second kappa shape index (κ2) is 9.55. The molecule has 0 aliphatic heterocycles. The summed E-state index contributed by atoms with van der Waals surface area (Å²) >= 11 is 0. The van der Waals surface area contributed by atoms with Crippen LogP contribution in [0.2, 0.25) is 0 Å². The second-order valence-corrected chi connectivity index (χ2v) is 6.43. The summed E-state index contributed by atoms with van der Waals surface area (Å²) in [4.78, 5) is 23.9. The van der Waals surface area contributed by atoms with Gasteiger partial charge in [-0.2, -0.15) is 0 Å². The summed E-state index contributed by atoms with van der Waals surface area (Å²) in [5.74, 6) is -0.112. The quantitative estimate of drug-likeness (QED) is 0.602. The molecule has 0 radical (unpaired) electrons. The van der Waals surface area contributed by atoms with Crippen LogP contribution in [-0.2, 0) is 14.3 Å². The molecule has 5 heteroatoms. The second-order valence-electron chi connectivity index (χ2n) is 6.43. The van der Waals surface area contributed by atoms with E-state index in [1.54, 1.807) is 0 Å². The van der Waals surface area contributed by atoms with Crippen molar-refractivity contribution in [2.75, 3.05) is 13.2 Å². The van der Waals surface area contributed by atoms with E-state index < -0.39 is 5.97 Å². The maximum atomic E-state index is 12.1. The predicted octanol–water partition coefficient (Wildman–Crippen LogP) is 4.03. The highest BCUT2D eigenvalue weighted by molar-refractivity contribution is 5.87. The molecule has 144 valence electrons. The largest absolute Gasteiger partial charge is 0.493 e. The Bertz CT molecular complexity index is 934. The maximum Gasteiger partial charge on any atom is 0.309 e. The van der Waals surface area contributed by atoms with Gasteiger partial charge < -0.3 is 14.8 Å². The zero-order chi connectivity index (χ0) is 19.8. The standard InChI is InChI=1S/C23H23NO4/c1-17(20-13-7-9-18-8-5-6-12-21(18)20)24-22(25)16-28-23(26)14-15-27-19-10-3-2-4-11-19/h2-13,17H,14-16H2,1H3,(H,24,25)/t17-/m1/s1. The summed E-state index contributed by atoms with van der Waals surface area (Å²) in [5.41, 5.74) is 1.02. The fourth-order valence-electron chi connectivity index (χ4n) is 2.98. The number of nitrogens with one attached hydrogen (secondary N) is 1. The maximum absolute atomic E-state index is 12.1. The first-order valence-corrected chi connectivity index (χ1v) is 9.24. The molecule has 1 amide bonds. The predicted molar refractivity (Wildman–Crippen MR) is 108 cm³/mol. The molecule has 1 N–H and O–H groups in total. The lowest BCUT2D eigenvalue weighted by Gasteiger charge is -2.16. The Hall–Kier alpha value is -3.34. The van der Waals surface area contributed by atoms with Crippen LogP contribution in [0.3, 0.4) is 0 Å². The molecule has 0 aromatic heterocycles. The van der Waals surface area contributed by atoms with E-state index in [0.29, 0.717) is 5.75 Å². The summed E-state index contributed by atoms with van der Waals surface area (Å²) in [6, 6.07) is 23.0. The van der Waals surface area contributed by atoms with Crippen LogP contribution in [0.5, 0.6) is 5.75 Å². The van der Waals surface area contributed by atoms with Crippen LogP contribution in [0.1, 0.15) is 24.9 Å². The summed E-state index contributed by atoms with van der Waals surface area (Å²) in [6.45, 7) is 1.81. The minimum absolute atomic E-state index is 0.0844. The molecule has 3 aromatic carbocycles.